The molecular weight excluding hydrogens is 310 g/mol. The van der Waals surface area contributed by atoms with Crippen LogP contribution in [0.3, 0.4) is 0 Å². The van der Waals surface area contributed by atoms with Gasteiger partial charge in [0.25, 0.3) is 10.0 Å². The molecule has 0 bridgehead atoms. The van der Waals surface area contributed by atoms with E-state index in [1.165, 1.54) is 11.3 Å². The van der Waals surface area contributed by atoms with Gasteiger partial charge < -0.3 is 5.32 Å². The zero-order valence-corrected chi connectivity index (χ0v) is 13.4. The molecule has 0 aliphatic heterocycles. The number of aromatic nitrogens is 3. The molecule has 2 aromatic heterocycles. The molecule has 7 nitrogen and oxygen atoms in total. The number of H-pyrrole nitrogens is 1. The molecule has 1 fully saturated rings. The number of nitrogens with zero attached hydrogens (tertiary/aromatic N) is 2. The standard InChI is InChI=1S/C12H17N5O2S2/c1-7-5-14-12(20-7)17-21(18,19)11-10(8(2)15-16-11)6-13-9-3-4-9/h5,9,13H,3-4,6H2,1-2H3,(H,14,17)(H,15,16). The highest BCUT2D eigenvalue weighted by Crippen LogP contribution is 2.24. The number of rotatable bonds is 6. The van der Waals surface area contributed by atoms with Gasteiger partial charge in [-0.1, -0.05) is 0 Å². The van der Waals surface area contributed by atoms with Crippen LogP contribution in [0.1, 0.15) is 29.0 Å². The average Bonchev–Trinajstić information content (AvgIpc) is 3.04. The number of sulfonamides is 1. The minimum absolute atomic E-state index is 0.0426. The largest absolute Gasteiger partial charge is 0.310 e. The maximum Gasteiger partial charge on any atom is 0.283 e. The lowest BCUT2D eigenvalue weighted by molar-refractivity contribution is 0.593. The summed E-state index contributed by atoms with van der Waals surface area (Å²) in [6.07, 6.45) is 3.93. The maximum absolute atomic E-state index is 12.5. The van der Waals surface area contributed by atoms with Crippen LogP contribution in [-0.2, 0) is 16.6 Å². The summed E-state index contributed by atoms with van der Waals surface area (Å²) in [5.74, 6) is 0. The summed E-state index contributed by atoms with van der Waals surface area (Å²) in [5.41, 5.74) is 1.45. The van der Waals surface area contributed by atoms with Crippen molar-refractivity contribution in [2.24, 2.45) is 0 Å². The van der Waals surface area contributed by atoms with E-state index in [0.29, 0.717) is 23.3 Å². The number of anilines is 1. The van der Waals surface area contributed by atoms with Crippen LogP contribution in [0.25, 0.3) is 0 Å². The van der Waals surface area contributed by atoms with Crippen molar-refractivity contribution in [1.82, 2.24) is 20.5 Å². The molecule has 1 saturated carbocycles. The summed E-state index contributed by atoms with van der Waals surface area (Å²) in [7, 11) is -3.72. The molecule has 0 aromatic carbocycles. The van der Waals surface area contributed by atoms with Crippen LogP contribution < -0.4 is 10.0 Å². The van der Waals surface area contributed by atoms with Crippen molar-refractivity contribution in [1.29, 1.82) is 0 Å². The molecule has 21 heavy (non-hydrogen) atoms. The van der Waals surface area contributed by atoms with Crippen molar-refractivity contribution in [3.05, 3.63) is 22.3 Å². The normalized spacial score (nSPS) is 15.3. The van der Waals surface area contributed by atoms with Gasteiger partial charge in [0.05, 0.1) is 0 Å². The van der Waals surface area contributed by atoms with E-state index in [2.05, 4.69) is 25.2 Å². The van der Waals surface area contributed by atoms with Gasteiger partial charge in [-0.25, -0.2) is 4.98 Å². The van der Waals surface area contributed by atoms with E-state index in [1.807, 2.05) is 13.8 Å². The van der Waals surface area contributed by atoms with Crippen molar-refractivity contribution in [3.63, 3.8) is 0 Å². The first-order valence-electron chi connectivity index (χ1n) is 6.68. The molecule has 0 atom stereocenters. The van der Waals surface area contributed by atoms with Gasteiger partial charge in [0.15, 0.2) is 5.13 Å². The Morgan fingerprint density at radius 3 is 2.81 bits per heavy atom. The van der Waals surface area contributed by atoms with Gasteiger partial charge in [-0.15, -0.1) is 11.3 Å². The quantitative estimate of drug-likeness (QED) is 0.747. The second kappa shape index (κ2) is 5.39. The maximum atomic E-state index is 12.5. The molecule has 2 heterocycles. The number of hydrogen-bond donors (Lipinski definition) is 3. The minimum Gasteiger partial charge on any atom is -0.310 e. The van der Waals surface area contributed by atoms with Gasteiger partial charge in [-0.2, -0.15) is 13.5 Å². The third-order valence-electron chi connectivity index (χ3n) is 3.28. The Morgan fingerprint density at radius 2 is 2.19 bits per heavy atom. The van der Waals surface area contributed by atoms with Gasteiger partial charge >= 0.3 is 0 Å². The smallest absolute Gasteiger partial charge is 0.283 e. The second-order valence-corrected chi connectivity index (χ2v) is 8.00. The van der Waals surface area contributed by atoms with Crippen molar-refractivity contribution in [2.45, 2.75) is 44.3 Å². The fourth-order valence-electron chi connectivity index (χ4n) is 1.96. The van der Waals surface area contributed by atoms with Crippen LogP contribution in [0, 0.1) is 13.8 Å². The molecule has 9 heteroatoms. The van der Waals surface area contributed by atoms with E-state index >= 15 is 0 Å². The number of aryl methyl sites for hydroxylation is 2. The second-order valence-electron chi connectivity index (χ2n) is 5.17. The zero-order chi connectivity index (χ0) is 15.0. The molecule has 0 amide bonds. The molecule has 1 aliphatic carbocycles. The van der Waals surface area contributed by atoms with Gasteiger partial charge in [-0.3, -0.25) is 9.82 Å². The minimum atomic E-state index is -3.72. The van der Waals surface area contributed by atoms with Crippen LogP contribution in [0.15, 0.2) is 11.2 Å². The number of nitrogens with one attached hydrogen (secondary N) is 3. The fourth-order valence-corrected chi connectivity index (χ4v) is 4.07. The number of hydrogen-bond acceptors (Lipinski definition) is 6. The third-order valence-corrected chi connectivity index (χ3v) is 5.54. The van der Waals surface area contributed by atoms with E-state index in [9.17, 15) is 8.42 Å². The SMILES string of the molecule is Cc1cnc(NS(=O)(=O)c2n[nH]c(C)c2CNC2CC2)s1. The number of aromatic amines is 1. The molecule has 2 aromatic rings. The predicted molar refractivity (Wildman–Crippen MR) is 80.8 cm³/mol. The molecular formula is C12H17N5O2S2. The Hall–Kier alpha value is -1.45. The topological polar surface area (TPSA) is 99.8 Å². The molecule has 3 rings (SSSR count). The van der Waals surface area contributed by atoms with Gasteiger partial charge in [0.1, 0.15) is 0 Å². The Bertz CT molecular complexity index is 746. The van der Waals surface area contributed by atoms with Gasteiger partial charge in [-0.05, 0) is 26.7 Å². The predicted octanol–water partition coefficient (Wildman–Crippen LogP) is 1.54. The third kappa shape index (κ3) is 3.25. The Balaban J connectivity index is 1.83. The van der Waals surface area contributed by atoms with E-state index in [4.69, 9.17) is 0 Å². The van der Waals surface area contributed by atoms with Gasteiger partial charge in [0, 0.05) is 34.9 Å². The molecule has 3 N–H and O–H groups in total. The molecule has 1 aliphatic rings. The Morgan fingerprint density at radius 1 is 1.43 bits per heavy atom. The molecule has 0 saturated heterocycles. The highest BCUT2D eigenvalue weighted by molar-refractivity contribution is 7.92. The number of thiazole rings is 1. The summed E-state index contributed by atoms with van der Waals surface area (Å²) < 4.78 is 27.4. The molecule has 114 valence electrons. The lowest BCUT2D eigenvalue weighted by atomic mass is 10.2. The highest BCUT2D eigenvalue weighted by atomic mass is 32.2. The first-order valence-corrected chi connectivity index (χ1v) is 8.98. The van der Waals surface area contributed by atoms with Crippen LogP contribution in [0.2, 0.25) is 0 Å². The Labute approximate surface area is 127 Å². The lowest BCUT2D eigenvalue weighted by Gasteiger charge is -2.07. The van der Waals surface area contributed by atoms with Gasteiger partial charge in [0.2, 0.25) is 5.03 Å². The zero-order valence-electron chi connectivity index (χ0n) is 11.8. The van der Waals surface area contributed by atoms with E-state index in [0.717, 1.165) is 23.4 Å². The molecule has 0 unspecified atom stereocenters. The monoisotopic (exact) mass is 327 g/mol. The summed E-state index contributed by atoms with van der Waals surface area (Å²) in [4.78, 5) is 4.97. The first-order chi connectivity index (χ1) is 9.95. The van der Waals surface area contributed by atoms with E-state index < -0.39 is 10.0 Å². The summed E-state index contributed by atoms with van der Waals surface area (Å²) in [6.45, 7) is 4.20. The van der Waals surface area contributed by atoms with Crippen molar-refractivity contribution < 1.29 is 8.42 Å². The van der Waals surface area contributed by atoms with E-state index in [-0.39, 0.29) is 5.03 Å². The summed E-state index contributed by atoms with van der Waals surface area (Å²) in [5, 5.41) is 10.4. The van der Waals surface area contributed by atoms with Crippen LogP contribution in [-0.4, -0.2) is 29.6 Å². The first kappa shape index (κ1) is 14.5. The van der Waals surface area contributed by atoms with Crippen LogP contribution >= 0.6 is 11.3 Å². The fraction of sp³-hybridized carbons (Fsp3) is 0.500. The Kier molecular flexibility index (Phi) is 3.72. The van der Waals surface area contributed by atoms with E-state index in [1.54, 1.807) is 6.20 Å². The molecule has 0 spiro atoms. The van der Waals surface area contributed by atoms with Crippen LogP contribution in [0.4, 0.5) is 5.13 Å². The highest BCUT2D eigenvalue weighted by Gasteiger charge is 2.27. The van der Waals surface area contributed by atoms with Crippen molar-refractivity contribution in [3.8, 4) is 0 Å². The summed E-state index contributed by atoms with van der Waals surface area (Å²) >= 11 is 1.30. The van der Waals surface area contributed by atoms with Crippen molar-refractivity contribution >= 4 is 26.5 Å². The molecule has 0 radical (unpaired) electrons. The average molecular weight is 327 g/mol. The van der Waals surface area contributed by atoms with Crippen LogP contribution in [0.5, 0.6) is 0 Å². The lowest BCUT2D eigenvalue weighted by Crippen LogP contribution is -2.20. The summed E-state index contributed by atoms with van der Waals surface area (Å²) in [6, 6.07) is 0.504. The van der Waals surface area contributed by atoms with Crippen molar-refractivity contribution in [2.75, 3.05) is 4.72 Å².